The van der Waals surface area contributed by atoms with Crippen molar-refractivity contribution in [1.82, 2.24) is 0 Å². The van der Waals surface area contributed by atoms with E-state index >= 15 is 0 Å². The summed E-state index contributed by atoms with van der Waals surface area (Å²) in [7, 11) is 0. The lowest BCUT2D eigenvalue weighted by molar-refractivity contribution is 0.304. The Morgan fingerprint density at radius 2 is 1.93 bits per heavy atom. The average Bonchev–Trinajstić information content (AvgIpc) is 2.14. The Kier molecular flexibility index (Phi) is 4.32. The van der Waals surface area contributed by atoms with Crippen molar-refractivity contribution in [2.24, 2.45) is 0 Å². The lowest BCUT2D eigenvalue weighted by atomic mass is 10.3. The SMILES string of the molecule is CCCCOc1cc(F)c(F)cc1Br. The molecule has 0 aromatic heterocycles. The molecule has 1 nitrogen and oxygen atoms in total. The smallest absolute Gasteiger partial charge is 0.162 e. The fraction of sp³-hybridized carbons (Fsp3) is 0.400. The molecule has 1 aromatic carbocycles. The summed E-state index contributed by atoms with van der Waals surface area (Å²) in [5.41, 5.74) is 0. The summed E-state index contributed by atoms with van der Waals surface area (Å²) >= 11 is 3.10. The van der Waals surface area contributed by atoms with Gasteiger partial charge in [-0.3, -0.25) is 0 Å². The second-order valence-electron chi connectivity index (χ2n) is 2.90. The third-order valence-corrected chi connectivity index (χ3v) is 2.35. The number of ether oxygens (including phenoxy) is 1. The molecule has 0 atom stereocenters. The van der Waals surface area contributed by atoms with Crippen LogP contribution in [0.5, 0.6) is 5.75 Å². The van der Waals surface area contributed by atoms with Crippen molar-refractivity contribution in [3.05, 3.63) is 28.2 Å². The zero-order valence-corrected chi connectivity index (χ0v) is 9.40. The molecule has 0 N–H and O–H groups in total. The molecule has 4 heteroatoms. The van der Waals surface area contributed by atoms with Crippen LogP contribution in [0.15, 0.2) is 16.6 Å². The maximum absolute atomic E-state index is 12.8. The van der Waals surface area contributed by atoms with Crippen molar-refractivity contribution in [3.63, 3.8) is 0 Å². The van der Waals surface area contributed by atoms with Gasteiger partial charge in [0.15, 0.2) is 11.6 Å². The molecule has 0 aliphatic heterocycles. The molecule has 0 bridgehead atoms. The van der Waals surface area contributed by atoms with E-state index in [1.165, 1.54) is 0 Å². The molecule has 0 aliphatic rings. The van der Waals surface area contributed by atoms with Gasteiger partial charge in [-0.05, 0) is 28.4 Å². The molecule has 0 fully saturated rings. The van der Waals surface area contributed by atoms with Crippen molar-refractivity contribution in [2.75, 3.05) is 6.61 Å². The van der Waals surface area contributed by atoms with E-state index in [9.17, 15) is 8.78 Å². The molecule has 0 heterocycles. The molecule has 0 saturated heterocycles. The predicted octanol–water partition coefficient (Wildman–Crippen LogP) is 3.91. The maximum atomic E-state index is 12.8. The minimum atomic E-state index is -0.889. The van der Waals surface area contributed by atoms with Crippen LogP contribution in [0.25, 0.3) is 0 Å². The number of hydrogen-bond acceptors (Lipinski definition) is 1. The van der Waals surface area contributed by atoms with Crippen LogP contribution in [0.3, 0.4) is 0 Å². The Morgan fingerprint density at radius 3 is 2.57 bits per heavy atom. The Labute approximate surface area is 90.2 Å². The van der Waals surface area contributed by atoms with Crippen LogP contribution in [0, 0.1) is 11.6 Å². The number of unbranched alkanes of at least 4 members (excludes halogenated alkanes) is 1. The zero-order chi connectivity index (χ0) is 10.6. The van der Waals surface area contributed by atoms with Crippen molar-refractivity contribution >= 4 is 15.9 Å². The van der Waals surface area contributed by atoms with E-state index in [1.54, 1.807) is 0 Å². The van der Waals surface area contributed by atoms with Gasteiger partial charge in [-0.25, -0.2) is 8.78 Å². The number of halogens is 3. The number of rotatable bonds is 4. The van der Waals surface area contributed by atoms with Crippen molar-refractivity contribution in [1.29, 1.82) is 0 Å². The Bertz CT molecular complexity index is 315. The van der Waals surface area contributed by atoms with Crippen molar-refractivity contribution < 1.29 is 13.5 Å². The largest absolute Gasteiger partial charge is 0.492 e. The highest BCUT2D eigenvalue weighted by atomic mass is 79.9. The van der Waals surface area contributed by atoms with Gasteiger partial charge in [-0.1, -0.05) is 13.3 Å². The van der Waals surface area contributed by atoms with E-state index in [-0.39, 0.29) is 0 Å². The monoisotopic (exact) mass is 264 g/mol. The van der Waals surface area contributed by atoms with Gasteiger partial charge in [-0.2, -0.15) is 0 Å². The summed E-state index contributed by atoms with van der Waals surface area (Å²) < 4.78 is 31.2. The van der Waals surface area contributed by atoms with E-state index in [0.717, 1.165) is 25.0 Å². The fourth-order valence-corrected chi connectivity index (χ4v) is 1.37. The molecule has 0 amide bonds. The van der Waals surface area contributed by atoms with Gasteiger partial charge < -0.3 is 4.74 Å². The van der Waals surface area contributed by atoms with E-state index in [2.05, 4.69) is 15.9 Å². The summed E-state index contributed by atoms with van der Waals surface area (Å²) in [4.78, 5) is 0. The van der Waals surface area contributed by atoms with E-state index < -0.39 is 11.6 Å². The summed E-state index contributed by atoms with van der Waals surface area (Å²) in [5, 5.41) is 0. The van der Waals surface area contributed by atoms with Crippen molar-refractivity contribution in [2.45, 2.75) is 19.8 Å². The van der Waals surface area contributed by atoms with Gasteiger partial charge in [0.05, 0.1) is 11.1 Å². The third-order valence-electron chi connectivity index (χ3n) is 1.73. The Balaban J connectivity index is 2.72. The van der Waals surface area contributed by atoms with Gasteiger partial charge in [0.1, 0.15) is 5.75 Å². The first-order chi connectivity index (χ1) is 6.65. The molecular formula is C10H11BrF2O. The third kappa shape index (κ3) is 2.94. The van der Waals surface area contributed by atoms with Crippen LogP contribution >= 0.6 is 15.9 Å². The van der Waals surface area contributed by atoms with Crippen LogP contribution < -0.4 is 4.74 Å². The second-order valence-corrected chi connectivity index (χ2v) is 3.75. The second kappa shape index (κ2) is 5.29. The summed E-state index contributed by atoms with van der Waals surface area (Å²) in [6.45, 7) is 2.55. The minimum absolute atomic E-state index is 0.345. The molecule has 0 radical (unpaired) electrons. The summed E-state index contributed by atoms with van der Waals surface area (Å²) in [5.74, 6) is -1.42. The molecule has 14 heavy (non-hydrogen) atoms. The highest BCUT2D eigenvalue weighted by Gasteiger charge is 2.08. The standard InChI is InChI=1S/C10H11BrF2O/c1-2-3-4-14-10-6-9(13)8(12)5-7(10)11/h5-6H,2-4H2,1H3. The summed E-state index contributed by atoms with van der Waals surface area (Å²) in [6, 6.07) is 2.12. The molecular weight excluding hydrogens is 254 g/mol. The highest BCUT2D eigenvalue weighted by molar-refractivity contribution is 9.10. The van der Waals surface area contributed by atoms with Gasteiger partial charge >= 0.3 is 0 Å². The lowest BCUT2D eigenvalue weighted by Gasteiger charge is -2.07. The van der Waals surface area contributed by atoms with Gasteiger partial charge in [0, 0.05) is 6.07 Å². The topological polar surface area (TPSA) is 9.23 Å². The quantitative estimate of drug-likeness (QED) is 0.592. The van der Waals surface area contributed by atoms with Crippen LogP contribution in [-0.4, -0.2) is 6.61 Å². The first-order valence-corrected chi connectivity index (χ1v) is 5.21. The zero-order valence-electron chi connectivity index (χ0n) is 7.82. The van der Waals surface area contributed by atoms with Gasteiger partial charge in [0.25, 0.3) is 0 Å². The Hall–Kier alpha value is -0.640. The fourth-order valence-electron chi connectivity index (χ4n) is 0.941. The number of benzene rings is 1. The molecule has 0 aliphatic carbocycles. The number of hydrogen-bond donors (Lipinski definition) is 0. The first kappa shape index (κ1) is 11.4. The van der Waals surface area contributed by atoms with E-state index in [0.29, 0.717) is 16.8 Å². The maximum Gasteiger partial charge on any atom is 0.162 e. The van der Waals surface area contributed by atoms with Crippen LogP contribution in [0.4, 0.5) is 8.78 Å². The minimum Gasteiger partial charge on any atom is -0.492 e. The van der Waals surface area contributed by atoms with Crippen LogP contribution in [0.1, 0.15) is 19.8 Å². The van der Waals surface area contributed by atoms with Gasteiger partial charge in [0.2, 0.25) is 0 Å². The molecule has 1 rings (SSSR count). The Morgan fingerprint density at radius 1 is 1.29 bits per heavy atom. The average molecular weight is 265 g/mol. The molecule has 0 saturated carbocycles. The predicted molar refractivity (Wildman–Crippen MR) is 54.5 cm³/mol. The lowest BCUT2D eigenvalue weighted by Crippen LogP contribution is -1.98. The molecule has 0 spiro atoms. The first-order valence-electron chi connectivity index (χ1n) is 4.42. The molecule has 78 valence electrons. The van der Waals surface area contributed by atoms with Crippen LogP contribution in [0.2, 0.25) is 0 Å². The van der Waals surface area contributed by atoms with Gasteiger partial charge in [-0.15, -0.1) is 0 Å². The summed E-state index contributed by atoms with van der Waals surface area (Å²) in [6.07, 6.45) is 1.90. The highest BCUT2D eigenvalue weighted by Crippen LogP contribution is 2.27. The molecule has 0 unspecified atom stereocenters. The molecule has 1 aromatic rings. The van der Waals surface area contributed by atoms with E-state index in [4.69, 9.17) is 4.74 Å². The van der Waals surface area contributed by atoms with Crippen molar-refractivity contribution in [3.8, 4) is 5.75 Å². The van der Waals surface area contributed by atoms with E-state index in [1.807, 2.05) is 6.92 Å². The van der Waals surface area contributed by atoms with Crippen LogP contribution in [-0.2, 0) is 0 Å². The normalized spacial score (nSPS) is 10.3.